The molecule has 0 aliphatic heterocycles. The summed E-state index contributed by atoms with van der Waals surface area (Å²) in [4.78, 5) is 23.8. The normalized spacial score (nSPS) is 12.4. The quantitative estimate of drug-likeness (QED) is 0.666. The summed E-state index contributed by atoms with van der Waals surface area (Å²) in [6, 6.07) is 8.59. The highest BCUT2D eigenvalue weighted by molar-refractivity contribution is 5.97. The Hall–Kier alpha value is -2.90. The smallest absolute Gasteiger partial charge is 0.416 e. The summed E-state index contributed by atoms with van der Waals surface area (Å²) < 4.78 is 55.6. The topological polar surface area (TPSA) is 55.4 Å². The Balaban J connectivity index is 2.02. The predicted octanol–water partition coefficient (Wildman–Crippen LogP) is 4.03. The Labute approximate surface area is 140 Å². The largest absolute Gasteiger partial charge is 0.449 e. The molecule has 0 aromatic heterocycles. The predicted molar refractivity (Wildman–Crippen MR) is 81.4 cm³/mol. The summed E-state index contributed by atoms with van der Waals surface area (Å²) in [5, 5.41) is 2.40. The molecular weight excluding hydrogens is 342 g/mol. The molecule has 0 heterocycles. The zero-order chi connectivity index (χ0) is 18.6. The minimum absolute atomic E-state index is 0.286. The van der Waals surface area contributed by atoms with Crippen molar-refractivity contribution < 1.29 is 31.9 Å². The number of benzene rings is 2. The third-order valence-corrected chi connectivity index (χ3v) is 3.19. The molecule has 2 aromatic carbocycles. The van der Waals surface area contributed by atoms with E-state index in [0.717, 1.165) is 30.3 Å². The molecule has 2 rings (SSSR count). The molecule has 0 saturated heterocycles. The first-order valence-corrected chi connectivity index (χ1v) is 7.11. The number of carbonyl (C=O) groups excluding carboxylic acids is 2. The summed E-state index contributed by atoms with van der Waals surface area (Å²) >= 11 is 0. The number of carbonyl (C=O) groups is 2. The van der Waals surface area contributed by atoms with Crippen molar-refractivity contribution in [1.82, 2.24) is 0 Å². The number of amides is 1. The van der Waals surface area contributed by atoms with Crippen molar-refractivity contribution in [1.29, 1.82) is 0 Å². The number of halogens is 4. The van der Waals surface area contributed by atoms with Gasteiger partial charge in [-0.05, 0) is 49.4 Å². The Morgan fingerprint density at radius 1 is 1.08 bits per heavy atom. The number of hydrogen-bond donors (Lipinski definition) is 1. The molecule has 1 amide bonds. The number of hydrogen-bond acceptors (Lipinski definition) is 3. The Morgan fingerprint density at radius 3 is 2.32 bits per heavy atom. The third-order valence-electron chi connectivity index (χ3n) is 3.19. The number of ether oxygens (including phenoxy) is 1. The molecule has 0 fully saturated rings. The van der Waals surface area contributed by atoms with E-state index in [1.807, 2.05) is 0 Å². The van der Waals surface area contributed by atoms with Crippen molar-refractivity contribution in [2.24, 2.45) is 0 Å². The van der Waals surface area contributed by atoms with E-state index < -0.39 is 35.5 Å². The molecule has 4 nitrogen and oxygen atoms in total. The lowest BCUT2D eigenvalue weighted by Gasteiger charge is -2.14. The summed E-state index contributed by atoms with van der Waals surface area (Å²) in [6.45, 7) is 1.27. The molecule has 0 spiro atoms. The van der Waals surface area contributed by atoms with E-state index >= 15 is 0 Å². The molecule has 8 heteroatoms. The van der Waals surface area contributed by atoms with Crippen molar-refractivity contribution in [3.05, 3.63) is 65.5 Å². The van der Waals surface area contributed by atoms with Gasteiger partial charge in [0.1, 0.15) is 5.82 Å². The van der Waals surface area contributed by atoms with E-state index in [-0.39, 0.29) is 11.3 Å². The highest BCUT2D eigenvalue weighted by atomic mass is 19.4. The van der Waals surface area contributed by atoms with Crippen molar-refractivity contribution in [3.8, 4) is 0 Å². The van der Waals surface area contributed by atoms with Crippen LogP contribution in [0.25, 0.3) is 0 Å². The van der Waals surface area contributed by atoms with Gasteiger partial charge in [-0.15, -0.1) is 0 Å². The van der Waals surface area contributed by atoms with Gasteiger partial charge in [-0.2, -0.15) is 13.2 Å². The third kappa shape index (κ3) is 5.03. The van der Waals surface area contributed by atoms with Crippen molar-refractivity contribution in [2.45, 2.75) is 19.2 Å². The maximum atomic E-state index is 12.8. The molecule has 0 bridgehead atoms. The van der Waals surface area contributed by atoms with Crippen LogP contribution in [0.4, 0.5) is 23.2 Å². The molecule has 1 atom stereocenters. The molecular formula is C17H13F4NO3. The van der Waals surface area contributed by atoms with Crippen LogP contribution in [0.1, 0.15) is 22.8 Å². The van der Waals surface area contributed by atoms with E-state index in [1.165, 1.54) is 19.1 Å². The number of esters is 1. The van der Waals surface area contributed by atoms with Crippen LogP contribution in [-0.2, 0) is 15.7 Å². The van der Waals surface area contributed by atoms with Crippen LogP contribution < -0.4 is 5.32 Å². The summed E-state index contributed by atoms with van der Waals surface area (Å²) in [7, 11) is 0. The zero-order valence-electron chi connectivity index (χ0n) is 12.9. The molecule has 2 aromatic rings. The van der Waals surface area contributed by atoms with Gasteiger partial charge in [-0.3, -0.25) is 4.79 Å². The van der Waals surface area contributed by atoms with Gasteiger partial charge in [0.05, 0.1) is 11.1 Å². The fourth-order valence-electron chi connectivity index (χ4n) is 1.88. The average Bonchev–Trinajstić information content (AvgIpc) is 2.56. The van der Waals surface area contributed by atoms with Gasteiger partial charge in [-0.25, -0.2) is 9.18 Å². The first kappa shape index (κ1) is 18.4. The summed E-state index contributed by atoms with van der Waals surface area (Å²) in [5.41, 5.74) is -1.03. The number of rotatable bonds is 4. The Morgan fingerprint density at radius 2 is 1.72 bits per heavy atom. The highest BCUT2D eigenvalue weighted by Gasteiger charge is 2.31. The van der Waals surface area contributed by atoms with Crippen molar-refractivity contribution >= 4 is 17.6 Å². The van der Waals surface area contributed by atoms with Crippen LogP contribution in [0.5, 0.6) is 0 Å². The minimum atomic E-state index is -4.60. The van der Waals surface area contributed by atoms with Crippen molar-refractivity contribution in [2.75, 3.05) is 5.32 Å². The number of anilines is 1. The van der Waals surface area contributed by atoms with Gasteiger partial charge >= 0.3 is 12.1 Å². The Kier molecular flexibility index (Phi) is 5.41. The first-order valence-electron chi connectivity index (χ1n) is 7.11. The van der Waals surface area contributed by atoms with Gasteiger partial charge in [0.25, 0.3) is 5.91 Å². The van der Waals surface area contributed by atoms with E-state index in [4.69, 9.17) is 4.74 Å². The Bertz CT molecular complexity index is 772. The van der Waals surface area contributed by atoms with Crippen LogP contribution in [0, 0.1) is 5.82 Å². The van der Waals surface area contributed by atoms with Crippen LogP contribution in [0.3, 0.4) is 0 Å². The maximum absolute atomic E-state index is 12.8. The molecule has 1 N–H and O–H groups in total. The second kappa shape index (κ2) is 7.33. The van der Waals surface area contributed by atoms with Gasteiger partial charge in [0.2, 0.25) is 0 Å². The fraction of sp³-hybridized carbons (Fsp3) is 0.176. The second-order valence-corrected chi connectivity index (χ2v) is 5.12. The van der Waals surface area contributed by atoms with E-state index in [1.54, 1.807) is 0 Å². The van der Waals surface area contributed by atoms with Crippen LogP contribution in [0.15, 0.2) is 48.5 Å². The van der Waals surface area contributed by atoms with Gasteiger partial charge in [-0.1, -0.05) is 6.07 Å². The monoisotopic (exact) mass is 355 g/mol. The molecule has 0 aliphatic carbocycles. The highest BCUT2D eigenvalue weighted by Crippen LogP contribution is 2.29. The number of nitrogens with one attached hydrogen (secondary N) is 1. The minimum Gasteiger partial charge on any atom is -0.449 e. The van der Waals surface area contributed by atoms with E-state index in [9.17, 15) is 27.2 Å². The first-order chi connectivity index (χ1) is 11.7. The average molecular weight is 355 g/mol. The lowest BCUT2D eigenvalue weighted by molar-refractivity contribution is -0.137. The summed E-state index contributed by atoms with van der Waals surface area (Å²) in [6.07, 6.45) is -5.85. The van der Waals surface area contributed by atoms with E-state index in [2.05, 4.69) is 5.32 Å². The zero-order valence-corrected chi connectivity index (χ0v) is 12.9. The number of alkyl halides is 3. The molecule has 0 aliphatic rings. The summed E-state index contributed by atoms with van der Waals surface area (Å²) in [5.74, 6) is -2.25. The fourth-order valence-corrected chi connectivity index (χ4v) is 1.88. The SMILES string of the molecule is C[C@@H](OC(=O)c1cccc(C(F)(F)F)c1)C(=O)Nc1ccc(F)cc1. The van der Waals surface area contributed by atoms with E-state index in [0.29, 0.717) is 6.07 Å². The van der Waals surface area contributed by atoms with Gasteiger partial charge < -0.3 is 10.1 Å². The van der Waals surface area contributed by atoms with Crippen LogP contribution in [0.2, 0.25) is 0 Å². The molecule has 0 unspecified atom stereocenters. The van der Waals surface area contributed by atoms with Crippen LogP contribution >= 0.6 is 0 Å². The molecule has 0 saturated carbocycles. The second-order valence-electron chi connectivity index (χ2n) is 5.12. The standard InChI is InChI=1S/C17H13F4NO3/c1-10(15(23)22-14-7-5-13(18)6-8-14)25-16(24)11-3-2-4-12(9-11)17(19,20)21/h2-10H,1H3,(H,22,23)/t10-/m1/s1. The van der Waals surface area contributed by atoms with Crippen molar-refractivity contribution in [3.63, 3.8) is 0 Å². The molecule has 25 heavy (non-hydrogen) atoms. The molecule has 132 valence electrons. The maximum Gasteiger partial charge on any atom is 0.416 e. The lowest BCUT2D eigenvalue weighted by Crippen LogP contribution is -2.30. The van der Waals surface area contributed by atoms with Gasteiger partial charge in [0, 0.05) is 5.69 Å². The lowest BCUT2D eigenvalue weighted by atomic mass is 10.1. The molecule has 0 radical (unpaired) electrons. The van der Waals surface area contributed by atoms with Crippen LogP contribution in [-0.4, -0.2) is 18.0 Å². The van der Waals surface area contributed by atoms with Gasteiger partial charge in [0.15, 0.2) is 6.10 Å².